The van der Waals surface area contributed by atoms with Gasteiger partial charge >= 0.3 is 0 Å². The van der Waals surface area contributed by atoms with Gasteiger partial charge in [0.2, 0.25) is 0 Å². The highest BCUT2D eigenvalue weighted by Crippen LogP contribution is 2.45. The van der Waals surface area contributed by atoms with Crippen LogP contribution in [0, 0.1) is 0 Å². The fourth-order valence-electron chi connectivity index (χ4n) is 9.61. The summed E-state index contributed by atoms with van der Waals surface area (Å²) in [5.74, 6) is 0. The number of anilines is 3. The van der Waals surface area contributed by atoms with Gasteiger partial charge in [0.05, 0.1) is 5.69 Å². The average molecular weight is 858 g/mol. The second kappa shape index (κ2) is 17.0. The quantitative estimate of drug-likeness (QED) is 0.140. The summed E-state index contributed by atoms with van der Waals surface area (Å²) in [6.07, 6.45) is 0. The van der Waals surface area contributed by atoms with Crippen LogP contribution in [0.15, 0.2) is 261 Å². The minimum Gasteiger partial charge on any atom is -0.310 e. The third kappa shape index (κ3) is 7.34. The minimum absolute atomic E-state index is 1.08. The molecule has 0 unspecified atom stereocenters. The van der Waals surface area contributed by atoms with Crippen LogP contribution in [0.4, 0.5) is 17.1 Å². The highest BCUT2D eigenvalue weighted by Gasteiger charge is 2.20. The molecule has 0 bridgehead atoms. The van der Waals surface area contributed by atoms with Crippen molar-refractivity contribution in [2.24, 2.45) is 0 Å². The molecular weight excluding hydrogens is 815 g/mol. The molecule has 1 nitrogen and oxygen atoms in total. The first-order chi connectivity index (χ1) is 32.7. The molecule has 0 atom stereocenters. The number of hydrogen-bond acceptors (Lipinski definition) is 2. The predicted octanol–water partition coefficient (Wildman–Crippen LogP) is 18.7. The molecule has 0 N–H and O–H groups in total. The molecule has 2 heteroatoms. The van der Waals surface area contributed by atoms with E-state index in [1.807, 2.05) is 11.3 Å². The Bertz CT molecular complexity index is 3660. The molecule has 0 spiro atoms. The van der Waals surface area contributed by atoms with Crippen LogP contribution in [-0.2, 0) is 0 Å². The molecule has 11 aromatic carbocycles. The minimum atomic E-state index is 1.08. The summed E-state index contributed by atoms with van der Waals surface area (Å²) in [6.45, 7) is 0. The first-order valence-electron chi connectivity index (χ1n) is 22.6. The molecular formula is C64H43NS. The van der Waals surface area contributed by atoms with Crippen LogP contribution >= 0.6 is 11.3 Å². The van der Waals surface area contributed by atoms with Crippen LogP contribution in [0.2, 0.25) is 0 Å². The van der Waals surface area contributed by atoms with Crippen molar-refractivity contribution in [3.63, 3.8) is 0 Å². The van der Waals surface area contributed by atoms with Crippen LogP contribution in [0.25, 0.3) is 97.7 Å². The van der Waals surface area contributed by atoms with Crippen LogP contribution in [0.5, 0.6) is 0 Å². The number of hydrogen-bond donors (Lipinski definition) is 0. The number of benzene rings is 11. The molecule has 310 valence electrons. The molecule has 0 radical (unpaired) electrons. The lowest BCUT2D eigenvalue weighted by atomic mass is 9.91. The average Bonchev–Trinajstić information content (AvgIpc) is 3.78. The summed E-state index contributed by atoms with van der Waals surface area (Å²) in [5, 5.41) is 5.09. The zero-order valence-electron chi connectivity index (χ0n) is 36.2. The molecule has 0 aliphatic carbocycles. The van der Waals surface area contributed by atoms with Crippen molar-refractivity contribution in [3.8, 4) is 66.8 Å². The fourth-order valence-corrected chi connectivity index (χ4v) is 10.7. The maximum Gasteiger partial charge on any atom is 0.0546 e. The molecule has 0 fully saturated rings. The van der Waals surface area contributed by atoms with E-state index in [-0.39, 0.29) is 0 Å². The Balaban J connectivity index is 1.01. The molecule has 12 rings (SSSR count). The number of rotatable bonds is 9. The number of thiophene rings is 1. The largest absolute Gasteiger partial charge is 0.310 e. The summed E-state index contributed by atoms with van der Waals surface area (Å²) in [5.41, 5.74) is 17.6. The van der Waals surface area contributed by atoms with Crippen molar-refractivity contribution in [1.82, 2.24) is 0 Å². The van der Waals surface area contributed by atoms with Crippen molar-refractivity contribution < 1.29 is 0 Å². The van der Waals surface area contributed by atoms with Gasteiger partial charge in [-0.25, -0.2) is 0 Å². The third-order valence-electron chi connectivity index (χ3n) is 12.9. The second-order valence-electron chi connectivity index (χ2n) is 16.9. The van der Waals surface area contributed by atoms with E-state index in [4.69, 9.17) is 0 Å². The van der Waals surface area contributed by atoms with Crippen LogP contribution in [0.3, 0.4) is 0 Å². The van der Waals surface area contributed by atoms with Crippen molar-refractivity contribution in [3.05, 3.63) is 261 Å². The molecule has 66 heavy (non-hydrogen) atoms. The van der Waals surface area contributed by atoms with Crippen LogP contribution in [-0.4, -0.2) is 0 Å². The number of fused-ring (bicyclic) bond motifs is 4. The zero-order valence-corrected chi connectivity index (χ0v) is 37.0. The smallest absolute Gasteiger partial charge is 0.0546 e. The van der Waals surface area contributed by atoms with Gasteiger partial charge in [0.1, 0.15) is 0 Å². The first kappa shape index (κ1) is 39.3. The second-order valence-corrected chi connectivity index (χ2v) is 17.9. The standard InChI is InChI=1S/C64H43NS/c1-4-15-46(16-5-1)57-38-31-50(41-60(57)49-19-8-3-9-20-49)44-27-34-53(35-28-44)65(54-36-29-45(30-37-54)51-33-40-64-61(42-51)59-24-12-13-26-63(59)66-64)62-43-52(32-39-58(62)48-17-6-2-7-18-48)56-25-14-22-47-21-10-11-23-55(47)56/h1-43H. The van der Waals surface area contributed by atoms with Gasteiger partial charge in [-0.05, 0) is 127 Å². The van der Waals surface area contributed by atoms with E-state index in [0.717, 1.165) is 28.2 Å². The lowest BCUT2D eigenvalue weighted by Crippen LogP contribution is -2.11. The third-order valence-corrected chi connectivity index (χ3v) is 14.1. The SMILES string of the molecule is c1ccc(-c2ccc(-c3ccc(N(c4ccc(-c5ccc6sc7ccccc7c6c5)cc4)c4cc(-c5cccc6ccccc56)ccc4-c4ccccc4)cc3)cc2-c2ccccc2)cc1. The van der Waals surface area contributed by atoms with Crippen molar-refractivity contribution in [2.45, 2.75) is 0 Å². The Kier molecular flexibility index (Phi) is 10.1. The lowest BCUT2D eigenvalue weighted by molar-refractivity contribution is 1.28. The molecule has 0 saturated carbocycles. The Morgan fingerprint density at radius 3 is 1.41 bits per heavy atom. The highest BCUT2D eigenvalue weighted by atomic mass is 32.1. The maximum absolute atomic E-state index is 2.44. The van der Waals surface area contributed by atoms with E-state index in [1.165, 1.54) is 86.6 Å². The molecule has 12 aromatic rings. The van der Waals surface area contributed by atoms with E-state index < -0.39 is 0 Å². The van der Waals surface area contributed by atoms with E-state index in [0.29, 0.717) is 0 Å². The van der Waals surface area contributed by atoms with E-state index in [2.05, 4.69) is 266 Å². The Labute approximate surface area is 389 Å². The summed E-state index contributed by atoms with van der Waals surface area (Å²) < 4.78 is 2.64. The Morgan fingerprint density at radius 2 is 0.727 bits per heavy atom. The lowest BCUT2D eigenvalue weighted by Gasteiger charge is -2.29. The molecule has 0 saturated heterocycles. The van der Waals surface area contributed by atoms with Crippen LogP contribution < -0.4 is 4.90 Å². The predicted molar refractivity (Wildman–Crippen MR) is 284 cm³/mol. The molecule has 1 heterocycles. The van der Waals surface area contributed by atoms with Gasteiger partial charge in [0, 0.05) is 37.1 Å². The number of nitrogens with zero attached hydrogens (tertiary/aromatic N) is 1. The summed E-state index contributed by atoms with van der Waals surface area (Å²) >= 11 is 1.86. The normalized spacial score (nSPS) is 11.3. The summed E-state index contributed by atoms with van der Waals surface area (Å²) in [6, 6.07) is 95.3. The molecule has 1 aromatic heterocycles. The van der Waals surface area contributed by atoms with Gasteiger partial charge in [0.25, 0.3) is 0 Å². The zero-order chi connectivity index (χ0) is 43.8. The maximum atomic E-state index is 2.44. The van der Waals surface area contributed by atoms with Gasteiger partial charge in [-0.3, -0.25) is 0 Å². The van der Waals surface area contributed by atoms with Gasteiger partial charge in [0.15, 0.2) is 0 Å². The first-order valence-corrected chi connectivity index (χ1v) is 23.4. The molecule has 0 aliphatic rings. The molecule has 0 amide bonds. The Morgan fingerprint density at radius 1 is 0.242 bits per heavy atom. The highest BCUT2D eigenvalue weighted by molar-refractivity contribution is 7.25. The Hall–Kier alpha value is -8.30. The summed E-state index contributed by atoms with van der Waals surface area (Å²) in [4.78, 5) is 2.44. The van der Waals surface area contributed by atoms with Crippen molar-refractivity contribution in [1.29, 1.82) is 0 Å². The van der Waals surface area contributed by atoms with Crippen molar-refractivity contribution >= 4 is 59.3 Å². The van der Waals surface area contributed by atoms with Gasteiger partial charge < -0.3 is 4.90 Å². The van der Waals surface area contributed by atoms with E-state index >= 15 is 0 Å². The summed E-state index contributed by atoms with van der Waals surface area (Å²) in [7, 11) is 0. The van der Waals surface area contributed by atoms with Gasteiger partial charge in [-0.15, -0.1) is 11.3 Å². The monoisotopic (exact) mass is 857 g/mol. The van der Waals surface area contributed by atoms with Crippen LogP contribution in [0.1, 0.15) is 0 Å². The molecule has 0 aliphatic heterocycles. The topological polar surface area (TPSA) is 3.24 Å². The van der Waals surface area contributed by atoms with E-state index in [9.17, 15) is 0 Å². The fraction of sp³-hybridized carbons (Fsp3) is 0. The van der Waals surface area contributed by atoms with Crippen molar-refractivity contribution in [2.75, 3.05) is 4.90 Å². The van der Waals surface area contributed by atoms with Gasteiger partial charge in [-0.1, -0.05) is 206 Å². The van der Waals surface area contributed by atoms with Gasteiger partial charge in [-0.2, -0.15) is 0 Å². The van der Waals surface area contributed by atoms with E-state index in [1.54, 1.807) is 0 Å².